The van der Waals surface area contributed by atoms with E-state index in [2.05, 4.69) is 14.9 Å². The summed E-state index contributed by atoms with van der Waals surface area (Å²) in [5.41, 5.74) is 6.24. The van der Waals surface area contributed by atoms with Crippen molar-refractivity contribution in [1.82, 2.24) is 10.2 Å². The molecule has 0 atom stereocenters. The summed E-state index contributed by atoms with van der Waals surface area (Å²) >= 11 is 0. The first-order valence-corrected chi connectivity index (χ1v) is 6.75. The Balaban J connectivity index is 1.96. The fourth-order valence-electron chi connectivity index (χ4n) is 1.64. The van der Waals surface area contributed by atoms with Crippen molar-refractivity contribution in [2.24, 2.45) is 0 Å². The largest absolute Gasteiger partial charge is 0.454 e. The second-order valence-corrected chi connectivity index (χ2v) is 5.51. The van der Waals surface area contributed by atoms with Crippen LogP contribution in [0.25, 0.3) is 0 Å². The zero-order chi connectivity index (χ0) is 13.5. The van der Waals surface area contributed by atoms with E-state index in [9.17, 15) is 8.42 Å². The second-order valence-electron chi connectivity index (χ2n) is 3.83. The molecule has 100 valence electrons. The van der Waals surface area contributed by atoms with Crippen molar-refractivity contribution < 1.29 is 17.9 Å². The van der Waals surface area contributed by atoms with Gasteiger partial charge in [0.15, 0.2) is 11.5 Å². The Kier molecular flexibility index (Phi) is 2.49. The first kappa shape index (κ1) is 11.7. The van der Waals surface area contributed by atoms with E-state index in [1.165, 1.54) is 24.5 Å². The summed E-state index contributed by atoms with van der Waals surface area (Å²) < 4.78 is 36.7. The highest BCUT2D eigenvalue weighted by molar-refractivity contribution is 7.92. The van der Waals surface area contributed by atoms with Crippen molar-refractivity contribution in [3.05, 3.63) is 24.5 Å². The molecule has 0 unspecified atom stereocenters. The minimum Gasteiger partial charge on any atom is -0.454 e. The van der Waals surface area contributed by atoms with E-state index >= 15 is 0 Å². The standard InChI is InChI=1S/C10H10N4O4S/c11-7-1-9-10(18-5-17-9)2-8(7)14-19(15,16)6-3-12-13-4-6/h1-4,14H,5,11H2,(H,12,13). The molecule has 1 aromatic heterocycles. The van der Waals surface area contributed by atoms with E-state index in [1.807, 2.05) is 0 Å². The molecule has 0 saturated carbocycles. The molecular formula is C10H10N4O4S. The van der Waals surface area contributed by atoms with Crippen LogP contribution in [0.1, 0.15) is 0 Å². The smallest absolute Gasteiger partial charge is 0.265 e. The highest BCUT2D eigenvalue weighted by atomic mass is 32.2. The Labute approximate surface area is 108 Å². The number of benzene rings is 1. The normalized spacial score (nSPS) is 13.5. The maximum atomic E-state index is 12.0. The van der Waals surface area contributed by atoms with Crippen molar-refractivity contribution in [2.75, 3.05) is 17.2 Å². The average molecular weight is 282 g/mol. The van der Waals surface area contributed by atoms with Gasteiger partial charge in [0.1, 0.15) is 4.90 Å². The molecule has 1 aliphatic heterocycles. The van der Waals surface area contributed by atoms with Gasteiger partial charge in [-0.25, -0.2) is 8.42 Å². The molecule has 2 heterocycles. The second kappa shape index (κ2) is 4.05. The number of aromatic nitrogens is 2. The molecule has 9 heteroatoms. The number of hydrogen-bond donors (Lipinski definition) is 3. The molecular weight excluding hydrogens is 272 g/mol. The van der Waals surface area contributed by atoms with Crippen molar-refractivity contribution >= 4 is 21.4 Å². The molecule has 19 heavy (non-hydrogen) atoms. The molecule has 0 amide bonds. The Bertz CT molecular complexity index is 711. The van der Waals surface area contributed by atoms with Gasteiger partial charge in [0.2, 0.25) is 6.79 Å². The first-order valence-electron chi connectivity index (χ1n) is 5.27. The summed E-state index contributed by atoms with van der Waals surface area (Å²) in [6, 6.07) is 2.99. The first-order chi connectivity index (χ1) is 9.06. The predicted octanol–water partition coefficient (Wildman–Crippen LogP) is 0.521. The monoisotopic (exact) mass is 282 g/mol. The number of nitrogens with zero attached hydrogens (tertiary/aromatic N) is 1. The van der Waals surface area contributed by atoms with Gasteiger partial charge >= 0.3 is 0 Å². The van der Waals surface area contributed by atoms with Crippen LogP contribution >= 0.6 is 0 Å². The number of nitrogens with two attached hydrogens (primary N) is 1. The predicted molar refractivity (Wildman–Crippen MR) is 66.4 cm³/mol. The van der Waals surface area contributed by atoms with Crippen molar-refractivity contribution in [1.29, 1.82) is 0 Å². The Morgan fingerprint density at radius 3 is 2.74 bits per heavy atom. The van der Waals surface area contributed by atoms with Crippen LogP contribution in [0.15, 0.2) is 29.4 Å². The highest BCUT2D eigenvalue weighted by Crippen LogP contribution is 2.38. The van der Waals surface area contributed by atoms with Gasteiger partial charge in [0.25, 0.3) is 10.0 Å². The maximum absolute atomic E-state index is 12.0. The number of anilines is 2. The molecule has 0 fully saturated rings. The summed E-state index contributed by atoms with van der Waals surface area (Å²) in [6.07, 6.45) is 2.47. The lowest BCUT2D eigenvalue weighted by atomic mass is 10.2. The van der Waals surface area contributed by atoms with Crippen LogP contribution in [0.3, 0.4) is 0 Å². The van der Waals surface area contributed by atoms with E-state index < -0.39 is 10.0 Å². The van der Waals surface area contributed by atoms with Crippen LogP contribution < -0.4 is 19.9 Å². The third kappa shape index (κ3) is 2.03. The molecule has 0 bridgehead atoms. The van der Waals surface area contributed by atoms with Gasteiger partial charge in [-0.15, -0.1) is 0 Å². The number of sulfonamides is 1. The molecule has 1 aromatic carbocycles. The van der Waals surface area contributed by atoms with Gasteiger partial charge in [-0.05, 0) is 0 Å². The van der Waals surface area contributed by atoms with Crippen molar-refractivity contribution in [2.45, 2.75) is 4.90 Å². The SMILES string of the molecule is Nc1cc2c(cc1NS(=O)(=O)c1cn[nH]c1)OCO2. The van der Waals surface area contributed by atoms with Crippen molar-refractivity contribution in [3.63, 3.8) is 0 Å². The number of nitrogens with one attached hydrogen (secondary N) is 2. The molecule has 8 nitrogen and oxygen atoms in total. The summed E-state index contributed by atoms with van der Waals surface area (Å²) in [5, 5.41) is 6.02. The summed E-state index contributed by atoms with van der Waals surface area (Å²) in [5.74, 6) is 0.933. The van der Waals surface area contributed by atoms with Crippen LogP contribution in [0, 0.1) is 0 Å². The lowest BCUT2D eigenvalue weighted by Gasteiger charge is -2.09. The zero-order valence-corrected chi connectivity index (χ0v) is 10.4. The Hall–Kier alpha value is -2.42. The molecule has 2 aromatic rings. The van der Waals surface area contributed by atoms with Gasteiger partial charge in [0, 0.05) is 18.3 Å². The van der Waals surface area contributed by atoms with Gasteiger partial charge in [-0.3, -0.25) is 9.82 Å². The number of hydrogen-bond acceptors (Lipinski definition) is 6. The Morgan fingerprint density at radius 2 is 2.05 bits per heavy atom. The third-order valence-corrected chi connectivity index (χ3v) is 3.91. The number of ether oxygens (including phenoxy) is 2. The van der Waals surface area contributed by atoms with Gasteiger partial charge in [-0.1, -0.05) is 0 Å². The van der Waals surface area contributed by atoms with E-state index in [0.717, 1.165) is 0 Å². The lowest BCUT2D eigenvalue weighted by molar-refractivity contribution is 0.174. The average Bonchev–Trinajstić information content (AvgIpc) is 2.98. The topological polar surface area (TPSA) is 119 Å². The quantitative estimate of drug-likeness (QED) is 0.706. The maximum Gasteiger partial charge on any atom is 0.265 e. The van der Waals surface area contributed by atoms with Crippen LogP contribution in [0.4, 0.5) is 11.4 Å². The summed E-state index contributed by atoms with van der Waals surface area (Å²) in [4.78, 5) is 0.0181. The minimum atomic E-state index is -3.73. The molecule has 1 aliphatic rings. The van der Waals surface area contributed by atoms with Gasteiger partial charge < -0.3 is 15.2 Å². The summed E-state index contributed by atoms with van der Waals surface area (Å²) in [7, 11) is -3.73. The van der Waals surface area contributed by atoms with E-state index in [4.69, 9.17) is 15.2 Å². The van der Waals surface area contributed by atoms with Gasteiger partial charge in [0.05, 0.1) is 17.6 Å². The highest BCUT2D eigenvalue weighted by Gasteiger charge is 2.20. The van der Waals surface area contributed by atoms with E-state index in [0.29, 0.717) is 11.5 Å². The molecule has 0 saturated heterocycles. The molecule has 0 aliphatic carbocycles. The van der Waals surface area contributed by atoms with Crippen LogP contribution in [0.2, 0.25) is 0 Å². The number of nitrogen functional groups attached to an aromatic ring is 1. The number of aromatic amines is 1. The van der Waals surface area contributed by atoms with Crippen molar-refractivity contribution in [3.8, 4) is 11.5 Å². The lowest BCUT2D eigenvalue weighted by Crippen LogP contribution is -2.13. The molecule has 0 radical (unpaired) electrons. The molecule has 4 N–H and O–H groups in total. The number of rotatable bonds is 3. The number of fused-ring (bicyclic) bond motifs is 1. The van der Waals surface area contributed by atoms with Crippen LogP contribution in [0.5, 0.6) is 11.5 Å². The van der Waals surface area contributed by atoms with E-state index in [-0.39, 0.29) is 23.1 Å². The van der Waals surface area contributed by atoms with Gasteiger partial charge in [-0.2, -0.15) is 5.10 Å². The van der Waals surface area contributed by atoms with Crippen LogP contribution in [-0.4, -0.2) is 25.4 Å². The fraction of sp³-hybridized carbons (Fsp3) is 0.100. The Morgan fingerprint density at radius 1 is 1.32 bits per heavy atom. The molecule has 3 rings (SSSR count). The van der Waals surface area contributed by atoms with E-state index in [1.54, 1.807) is 0 Å². The third-order valence-electron chi connectivity index (χ3n) is 2.57. The summed E-state index contributed by atoms with van der Waals surface area (Å²) in [6.45, 7) is 0.0900. The van der Waals surface area contributed by atoms with Crippen LogP contribution in [-0.2, 0) is 10.0 Å². The fourth-order valence-corrected chi connectivity index (χ4v) is 2.62. The number of H-pyrrole nitrogens is 1. The zero-order valence-electron chi connectivity index (χ0n) is 9.58. The minimum absolute atomic E-state index is 0.0181. The molecule has 0 spiro atoms.